The minimum Gasteiger partial charge on any atom is -0.0928 e. The van der Waals surface area contributed by atoms with E-state index in [2.05, 4.69) is 36.7 Å². The summed E-state index contributed by atoms with van der Waals surface area (Å²) in [6.45, 7) is 7.00. The maximum Gasteiger partial charge on any atom is 0.00314 e. The molecule has 0 bridgehead atoms. The molecule has 0 aliphatic carbocycles. The van der Waals surface area contributed by atoms with E-state index in [-0.39, 0.29) is 0 Å². The minimum atomic E-state index is 0.883. The van der Waals surface area contributed by atoms with Crippen LogP contribution in [-0.2, 0) is 0 Å². The molecule has 0 spiro atoms. The monoisotopic (exact) mass is 234 g/mol. The van der Waals surface area contributed by atoms with Crippen LogP contribution in [0.15, 0.2) is 0 Å². The highest BCUT2D eigenvalue weighted by Gasteiger charge is 2.01. The number of alkyl halides is 1. The Morgan fingerprint density at radius 2 is 1.50 bits per heavy atom. The normalized spacial score (nSPS) is 13.8. The van der Waals surface area contributed by atoms with Gasteiger partial charge in [0.25, 0.3) is 0 Å². The lowest BCUT2D eigenvalue weighted by Gasteiger charge is -2.10. The van der Waals surface area contributed by atoms with Gasteiger partial charge in [0.15, 0.2) is 0 Å². The second-order valence-corrected chi connectivity index (χ2v) is 5.05. The standard InChI is InChI=1S/C11H23Br/c1-10(2)6-4-7-11(3)8-5-9-12/h10-11H,4-9H2,1-3H3. The molecule has 0 saturated carbocycles. The van der Waals surface area contributed by atoms with Crippen LogP contribution < -0.4 is 0 Å². The fraction of sp³-hybridized carbons (Fsp3) is 1.00. The maximum atomic E-state index is 3.47. The molecule has 12 heavy (non-hydrogen) atoms. The zero-order valence-corrected chi connectivity index (χ0v) is 10.4. The third kappa shape index (κ3) is 8.58. The van der Waals surface area contributed by atoms with Crippen molar-refractivity contribution in [3.05, 3.63) is 0 Å². The van der Waals surface area contributed by atoms with Crippen molar-refractivity contribution in [1.29, 1.82) is 0 Å². The summed E-state index contributed by atoms with van der Waals surface area (Å²) in [6, 6.07) is 0. The largest absolute Gasteiger partial charge is 0.0928 e. The molecule has 1 atom stereocenters. The Morgan fingerprint density at radius 3 is 2.00 bits per heavy atom. The maximum absolute atomic E-state index is 3.47. The summed E-state index contributed by atoms with van der Waals surface area (Å²) in [5.74, 6) is 1.81. The lowest BCUT2D eigenvalue weighted by atomic mass is 9.96. The highest BCUT2D eigenvalue weighted by Crippen LogP contribution is 2.16. The Hall–Kier alpha value is 0.480. The first kappa shape index (κ1) is 12.5. The minimum absolute atomic E-state index is 0.883. The van der Waals surface area contributed by atoms with Gasteiger partial charge >= 0.3 is 0 Å². The Morgan fingerprint density at radius 1 is 0.917 bits per heavy atom. The van der Waals surface area contributed by atoms with E-state index in [9.17, 15) is 0 Å². The summed E-state index contributed by atoms with van der Waals surface area (Å²) in [4.78, 5) is 0. The highest BCUT2D eigenvalue weighted by molar-refractivity contribution is 9.09. The summed E-state index contributed by atoms with van der Waals surface area (Å²) < 4.78 is 0. The number of hydrogen-bond acceptors (Lipinski definition) is 0. The van der Waals surface area contributed by atoms with Crippen LogP contribution in [-0.4, -0.2) is 5.33 Å². The Labute approximate surface area is 86.3 Å². The van der Waals surface area contributed by atoms with Gasteiger partial charge in [-0.05, 0) is 24.7 Å². The van der Waals surface area contributed by atoms with Crippen molar-refractivity contribution in [1.82, 2.24) is 0 Å². The summed E-state index contributed by atoms with van der Waals surface area (Å²) in [6.07, 6.45) is 6.97. The first-order valence-corrected chi connectivity index (χ1v) is 6.35. The van der Waals surface area contributed by atoms with E-state index in [1.54, 1.807) is 0 Å². The summed E-state index contributed by atoms with van der Waals surface area (Å²) >= 11 is 3.47. The molecule has 0 aromatic heterocycles. The predicted molar refractivity (Wildman–Crippen MR) is 60.9 cm³/mol. The fourth-order valence-corrected chi connectivity index (χ4v) is 1.77. The van der Waals surface area contributed by atoms with Gasteiger partial charge in [-0.25, -0.2) is 0 Å². The van der Waals surface area contributed by atoms with Crippen molar-refractivity contribution in [2.24, 2.45) is 11.8 Å². The molecule has 0 aliphatic heterocycles. The van der Waals surface area contributed by atoms with Crippen LogP contribution in [0.2, 0.25) is 0 Å². The van der Waals surface area contributed by atoms with Gasteiger partial charge in [-0.15, -0.1) is 0 Å². The van der Waals surface area contributed by atoms with Gasteiger partial charge in [-0.3, -0.25) is 0 Å². The zero-order chi connectivity index (χ0) is 9.40. The average Bonchev–Trinajstić information content (AvgIpc) is 2.00. The van der Waals surface area contributed by atoms with Crippen LogP contribution in [0.5, 0.6) is 0 Å². The molecular formula is C11H23Br. The molecule has 0 N–H and O–H groups in total. The van der Waals surface area contributed by atoms with E-state index < -0.39 is 0 Å². The predicted octanol–water partition coefficient (Wildman–Crippen LogP) is 4.62. The van der Waals surface area contributed by atoms with E-state index in [0.717, 1.165) is 11.8 Å². The lowest BCUT2D eigenvalue weighted by Crippen LogP contribution is -1.96. The van der Waals surface area contributed by atoms with Crippen molar-refractivity contribution in [2.45, 2.75) is 52.9 Å². The Balaban J connectivity index is 3.13. The van der Waals surface area contributed by atoms with Crippen molar-refractivity contribution >= 4 is 15.9 Å². The van der Waals surface area contributed by atoms with Gasteiger partial charge in [0, 0.05) is 5.33 Å². The number of rotatable bonds is 7. The first-order valence-electron chi connectivity index (χ1n) is 5.22. The summed E-state index contributed by atoms with van der Waals surface area (Å²) in [5.41, 5.74) is 0. The molecule has 0 aliphatic rings. The van der Waals surface area contributed by atoms with Gasteiger partial charge < -0.3 is 0 Å². The van der Waals surface area contributed by atoms with Crippen molar-refractivity contribution in [3.63, 3.8) is 0 Å². The molecule has 0 amide bonds. The van der Waals surface area contributed by atoms with Crippen LogP contribution in [0.1, 0.15) is 52.9 Å². The van der Waals surface area contributed by atoms with Crippen molar-refractivity contribution < 1.29 is 0 Å². The van der Waals surface area contributed by atoms with Crippen LogP contribution in [0.25, 0.3) is 0 Å². The first-order chi connectivity index (χ1) is 5.66. The van der Waals surface area contributed by atoms with E-state index in [1.807, 2.05) is 0 Å². The van der Waals surface area contributed by atoms with Gasteiger partial charge in [0.1, 0.15) is 0 Å². The zero-order valence-electron chi connectivity index (χ0n) is 8.78. The lowest BCUT2D eigenvalue weighted by molar-refractivity contribution is 0.435. The van der Waals surface area contributed by atoms with Crippen molar-refractivity contribution in [2.75, 3.05) is 5.33 Å². The second kappa shape index (κ2) is 8.10. The molecule has 1 unspecified atom stereocenters. The Kier molecular flexibility index (Phi) is 8.42. The van der Waals surface area contributed by atoms with E-state index in [1.165, 1.54) is 37.4 Å². The SMILES string of the molecule is CC(C)CCCC(C)CCCBr. The molecule has 74 valence electrons. The quantitative estimate of drug-likeness (QED) is 0.564. The average molecular weight is 235 g/mol. The number of hydrogen-bond donors (Lipinski definition) is 0. The summed E-state index contributed by atoms with van der Waals surface area (Å²) in [5, 5.41) is 1.17. The fourth-order valence-electron chi connectivity index (χ4n) is 1.44. The molecule has 0 aromatic carbocycles. The molecule has 0 nitrogen and oxygen atoms in total. The Bertz CT molecular complexity index is 89.0. The smallest absolute Gasteiger partial charge is 0.00314 e. The van der Waals surface area contributed by atoms with Crippen molar-refractivity contribution in [3.8, 4) is 0 Å². The second-order valence-electron chi connectivity index (χ2n) is 4.26. The van der Waals surface area contributed by atoms with E-state index in [0.29, 0.717) is 0 Å². The third-order valence-electron chi connectivity index (χ3n) is 2.31. The van der Waals surface area contributed by atoms with Gasteiger partial charge in [0.05, 0.1) is 0 Å². The molecule has 0 radical (unpaired) electrons. The van der Waals surface area contributed by atoms with Crippen LogP contribution in [0, 0.1) is 11.8 Å². The van der Waals surface area contributed by atoms with Gasteiger partial charge in [-0.1, -0.05) is 56.0 Å². The third-order valence-corrected chi connectivity index (χ3v) is 2.87. The topological polar surface area (TPSA) is 0 Å². The van der Waals surface area contributed by atoms with E-state index in [4.69, 9.17) is 0 Å². The van der Waals surface area contributed by atoms with Gasteiger partial charge in [0.2, 0.25) is 0 Å². The highest BCUT2D eigenvalue weighted by atomic mass is 79.9. The molecule has 0 heterocycles. The van der Waals surface area contributed by atoms with E-state index >= 15 is 0 Å². The van der Waals surface area contributed by atoms with Crippen LogP contribution in [0.4, 0.5) is 0 Å². The van der Waals surface area contributed by atoms with Gasteiger partial charge in [-0.2, -0.15) is 0 Å². The van der Waals surface area contributed by atoms with Crippen LogP contribution in [0.3, 0.4) is 0 Å². The van der Waals surface area contributed by atoms with Crippen LogP contribution >= 0.6 is 15.9 Å². The molecule has 1 heteroatoms. The molecular weight excluding hydrogens is 212 g/mol. The molecule has 0 rings (SSSR count). The summed E-state index contributed by atoms with van der Waals surface area (Å²) in [7, 11) is 0. The molecule has 0 fully saturated rings. The molecule has 0 saturated heterocycles. The number of halogens is 1. The molecule has 0 aromatic rings.